The minimum atomic E-state index is -1.18. The zero-order chi connectivity index (χ0) is 24.7. The van der Waals surface area contributed by atoms with E-state index in [2.05, 4.69) is 5.32 Å². The van der Waals surface area contributed by atoms with E-state index in [0.717, 1.165) is 16.7 Å². The number of amides is 1. The number of carbonyl (C=O) groups is 3. The minimum Gasteiger partial charge on any atom is -0.497 e. The number of carboxylic acids is 2. The second-order valence-electron chi connectivity index (χ2n) is 8.17. The average Bonchev–Trinajstić information content (AvgIpc) is 2.84. The molecule has 0 bridgehead atoms. The van der Waals surface area contributed by atoms with Crippen LogP contribution in [0.2, 0.25) is 0 Å². The van der Waals surface area contributed by atoms with E-state index in [1.807, 2.05) is 54.6 Å². The van der Waals surface area contributed by atoms with E-state index in [-0.39, 0.29) is 23.3 Å². The molecule has 0 aliphatic heterocycles. The number of nitrogens with one attached hydrogen (secondary N) is 1. The van der Waals surface area contributed by atoms with E-state index in [4.69, 9.17) is 4.74 Å². The van der Waals surface area contributed by atoms with Crippen LogP contribution in [0.25, 0.3) is 11.1 Å². The van der Waals surface area contributed by atoms with Crippen molar-refractivity contribution in [1.29, 1.82) is 0 Å². The highest BCUT2D eigenvalue weighted by Gasteiger charge is 2.22. The number of carbonyl (C=O) groups excluding carboxylic acids is 1. The summed E-state index contributed by atoms with van der Waals surface area (Å²) in [6.07, 6.45) is 0.644. The van der Waals surface area contributed by atoms with Crippen LogP contribution in [-0.2, 0) is 11.2 Å². The average molecular weight is 462 g/mol. The maximum absolute atomic E-state index is 13.0. The standard InChI is InChI=1S/C27H27NO6/c1-17(26(30)31)12-23(13-18-8-10-20(11-9-18)19-6-4-3-5-7-19)28-25(29)21-14-22(27(32)33)16-24(15-21)34-2/h3-11,14-17,23H,12-13H2,1-2H3,(H,28,29)(H,30,31)(H,32,33)/t17-,23?/m1/s1. The van der Waals surface area contributed by atoms with Gasteiger partial charge in [0.1, 0.15) is 5.75 Å². The molecule has 0 radical (unpaired) electrons. The third-order valence-electron chi connectivity index (χ3n) is 5.59. The van der Waals surface area contributed by atoms with Crippen LogP contribution in [0.15, 0.2) is 72.8 Å². The molecule has 1 unspecified atom stereocenters. The predicted molar refractivity (Wildman–Crippen MR) is 128 cm³/mol. The smallest absolute Gasteiger partial charge is 0.335 e. The third-order valence-corrected chi connectivity index (χ3v) is 5.59. The summed E-state index contributed by atoms with van der Waals surface area (Å²) in [6, 6.07) is 21.4. The number of methoxy groups -OCH3 is 1. The first kappa shape index (κ1) is 24.5. The predicted octanol–water partition coefficient (Wildman–Crippen LogP) is 4.51. The summed E-state index contributed by atoms with van der Waals surface area (Å²) in [5, 5.41) is 21.6. The largest absolute Gasteiger partial charge is 0.497 e. The SMILES string of the molecule is COc1cc(C(=O)O)cc(C(=O)NC(Cc2ccc(-c3ccccc3)cc2)C[C@@H](C)C(=O)O)c1. The molecule has 7 heteroatoms. The molecule has 0 spiro atoms. The van der Waals surface area contributed by atoms with Crippen molar-refractivity contribution in [1.82, 2.24) is 5.32 Å². The van der Waals surface area contributed by atoms with Crippen LogP contribution in [0.3, 0.4) is 0 Å². The Balaban J connectivity index is 1.81. The Hall–Kier alpha value is -4.13. The van der Waals surface area contributed by atoms with Crippen molar-refractivity contribution in [2.75, 3.05) is 7.11 Å². The summed E-state index contributed by atoms with van der Waals surface area (Å²) >= 11 is 0. The van der Waals surface area contributed by atoms with E-state index in [0.29, 0.717) is 6.42 Å². The fourth-order valence-electron chi connectivity index (χ4n) is 3.71. The molecule has 0 heterocycles. The lowest BCUT2D eigenvalue weighted by Crippen LogP contribution is -2.38. The molecule has 3 N–H and O–H groups in total. The Kier molecular flexibility index (Phi) is 8.03. The molecule has 2 atom stereocenters. The lowest BCUT2D eigenvalue weighted by molar-refractivity contribution is -0.141. The molecule has 1 amide bonds. The van der Waals surface area contributed by atoms with Crippen LogP contribution in [0.4, 0.5) is 0 Å². The normalized spacial score (nSPS) is 12.4. The molecule has 0 aromatic heterocycles. The van der Waals surface area contributed by atoms with Gasteiger partial charge in [0.15, 0.2) is 0 Å². The topological polar surface area (TPSA) is 113 Å². The number of aliphatic carboxylic acids is 1. The van der Waals surface area contributed by atoms with Crippen LogP contribution < -0.4 is 10.1 Å². The van der Waals surface area contributed by atoms with Crippen molar-refractivity contribution < 1.29 is 29.3 Å². The minimum absolute atomic E-state index is 0.0727. The van der Waals surface area contributed by atoms with Crippen LogP contribution in [0, 0.1) is 5.92 Å². The van der Waals surface area contributed by atoms with Gasteiger partial charge in [-0.05, 0) is 47.7 Å². The lowest BCUT2D eigenvalue weighted by atomic mass is 9.94. The van der Waals surface area contributed by atoms with Crippen LogP contribution in [0.5, 0.6) is 5.75 Å². The highest BCUT2D eigenvalue weighted by atomic mass is 16.5. The van der Waals surface area contributed by atoms with Crippen molar-refractivity contribution in [3.63, 3.8) is 0 Å². The molecule has 3 rings (SSSR count). The summed E-state index contributed by atoms with van der Waals surface area (Å²) < 4.78 is 5.12. The second-order valence-corrected chi connectivity index (χ2v) is 8.17. The summed E-state index contributed by atoms with van der Waals surface area (Å²) in [6.45, 7) is 1.59. The third kappa shape index (κ3) is 6.45. The van der Waals surface area contributed by atoms with Crippen LogP contribution in [-0.4, -0.2) is 41.2 Å². The number of hydrogen-bond acceptors (Lipinski definition) is 4. The summed E-state index contributed by atoms with van der Waals surface area (Å²) in [4.78, 5) is 35.8. The van der Waals surface area contributed by atoms with Gasteiger partial charge in [-0.1, -0.05) is 61.5 Å². The first-order chi connectivity index (χ1) is 16.3. The second kappa shape index (κ2) is 11.1. The van der Waals surface area contributed by atoms with E-state index >= 15 is 0 Å². The maximum Gasteiger partial charge on any atom is 0.335 e. The molecule has 0 fully saturated rings. The maximum atomic E-state index is 13.0. The van der Waals surface area contributed by atoms with Gasteiger partial charge in [0.05, 0.1) is 18.6 Å². The quantitative estimate of drug-likeness (QED) is 0.409. The molecular weight excluding hydrogens is 434 g/mol. The highest BCUT2D eigenvalue weighted by molar-refractivity contribution is 5.98. The zero-order valence-corrected chi connectivity index (χ0v) is 19.0. The van der Waals surface area contributed by atoms with Crippen molar-refractivity contribution in [2.24, 2.45) is 5.92 Å². The van der Waals surface area contributed by atoms with E-state index < -0.39 is 29.8 Å². The molecule has 7 nitrogen and oxygen atoms in total. The van der Waals surface area contributed by atoms with Crippen molar-refractivity contribution in [2.45, 2.75) is 25.8 Å². The molecule has 3 aromatic carbocycles. The number of hydrogen-bond donors (Lipinski definition) is 3. The van der Waals surface area contributed by atoms with Gasteiger partial charge in [-0.25, -0.2) is 4.79 Å². The van der Waals surface area contributed by atoms with Gasteiger partial charge in [-0.2, -0.15) is 0 Å². The fourth-order valence-corrected chi connectivity index (χ4v) is 3.71. The van der Waals surface area contributed by atoms with Gasteiger partial charge in [0, 0.05) is 11.6 Å². The van der Waals surface area contributed by atoms with Crippen molar-refractivity contribution in [3.8, 4) is 16.9 Å². The monoisotopic (exact) mass is 461 g/mol. The first-order valence-corrected chi connectivity index (χ1v) is 10.9. The Morgan fingerprint density at radius 1 is 0.882 bits per heavy atom. The number of aromatic carboxylic acids is 1. The van der Waals surface area contributed by atoms with Crippen molar-refractivity contribution >= 4 is 17.8 Å². The zero-order valence-electron chi connectivity index (χ0n) is 19.0. The summed E-state index contributed by atoms with van der Waals surface area (Å²) in [5.74, 6) is -3.05. The van der Waals surface area contributed by atoms with Crippen LogP contribution >= 0.6 is 0 Å². The Bertz CT molecular complexity index is 1160. The van der Waals surface area contributed by atoms with Gasteiger partial charge < -0.3 is 20.3 Å². The Morgan fingerprint density at radius 2 is 1.50 bits per heavy atom. The lowest BCUT2D eigenvalue weighted by Gasteiger charge is -2.21. The van der Waals surface area contributed by atoms with Gasteiger partial charge >= 0.3 is 11.9 Å². The molecule has 0 aliphatic rings. The fraction of sp³-hybridized carbons (Fsp3) is 0.222. The summed E-state index contributed by atoms with van der Waals surface area (Å²) in [7, 11) is 1.39. The van der Waals surface area contributed by atoms with E-state index in [1.54, 1.807) is 6.92 Å². The Morgan fingerprint density at radius 3 is 2.09 bits per heavy atom. The highest BCUT2D eigenvalue weighted by Crippen LogP contribution is 2.22. The number of ether oxygens (including phenoxy) is 1. The molecular formula is C27H27NO6. The first-order valence-electron chi connectivity index (χ1n) is 10.9. The van der Waals surface area contributed by atoms with E-state index in [1.165, 1.54) is 25.3 Å². The van der Waals surface area contributed by atoms with E-state index in [9.17, 15) is 24.6 Å². The molecule has 34 heavy (non-hydrogen) atoms. The Labute approximate surface area is 198 Å². The molecule has 0 saturated heterocycles. The molecule has 176 valence electrons. The number of benzene rings is 3. The number of carboxylic acid groups (broad SMARTS) is 2. The van der Waals surface area contributed by atoms with Gasteiger partial charge in [-0.15, -0.1) is 0 Å². The van der Waals surface area contributed by atoms with Crippen molar-refractivity contribution in [3.05, 3.63) is 89.5 Å². The van der Waals surface area contributed by atoms with Gasteiger partial charge in [0.25, 0.3) is 5.91 Å². The molecule has 3 aromatic rings. The van der Waals surface area contributed by atoms with Gasteiger partial charge in [-0.3, -0.25) is 9.59 Å². The summed E-state index contributed by atoms with van der Waals surface area (Å²) in [5.41, 5.74) is 3.15. The molecule has 0 aliphatic carbocycles. The number of rotatable bonds is 10. The van der Waals surface area contributed by atoms with Gasteiger partial charge in [0.2, 0.25) is 0 Å². The van der Waals surface area contributed by atoms with Crippen LogP contribution in [0.1, 0.15) is 39.6 Å². The molecule has 0 saturated carbocycles.